The summed E-state index contributed by atoms with van der Waals surface area (Å²) in [4.78, 5) is 0. The topological polar surface area (TPSA) is 34.1 Å². The summed E-state index contributed by atoms with van der Waals surface area (Å²) in [5.74, 6) is 1.82. The van der Waals surface area contributed by atoms with Crippen molar-refractivity contribution in [2.24, 2.45) is 5.92 Å². The number of rotatable bonds is 3. The van der Waals surface area contributed by atoms with Gasteiger partial charge in [0.2, 0.25) is 0 Å². The first-order valence-corrected chi connectivity index (χ1v) is 6.26. The smallest absolute Gasteiger partial charge is 0.150 e. The van der Waals surface area contributed by atoms with Gasteiger partial charge in [-0.2, -0.15) is 0 Å². The maximum Gasteiger partial charge on any atom is 0.150 e. The monoisotopic (exact) mass is 196 g/mol. The third-order valence-corrected chi connectivity index (χ3v) is 4.18. The lowest BCUT2D eigenvalue weighted by Gasteiger charge is -2.03. The Morgan fingerprint density at radius 1 is 1.45 bits per heavy atom. The highest BCUT2D eigenvalue weighted by molar-refractivity contribution is 7.91. The molecule has 0 N–H and O–H groups in total. The standard InChI is InChI=1S/C7H13ClO2S/c8-4-1-2-7-3-5-11(9,10)6-7/h7H,1-6H2. The first-order valence-electron chi connectivity index (χ1n) is 3.90. The Labute approximate surface area is 72.9 Å². The average Bonchev–Trinajstić information content (AvgIpc) is 2.26. The summed E-state index contributed by atoms with van der Waals surface area (Å²) in [6.07, 6.45) is 2.77. The van der Waals surface area contributed by atoms with E-state index >= 15 is 0 Å². The van der Waals surface area contributed by atoms with E-state index in [0.717, 1.165) is 19.3 Å². The lowest BCUT2D eigenvalue weighted by molar-refractivity contribution is 0.536. The molecule has 1 saturated heterocycles. The average molecular weight is 197 g/mol. The van der Waals surface area contributed by atoms with Crippen molar-refractivity contribution in [1.29, 1.82) is 0 Å². The van der Waals surface area contributed by atoms with Crippen molar-refractivity contribution in [1.82, 2.24) is 0 Å². The van der Waals surface area contributed by atoms with E-state index in [1.165, 1.54) is 0 Å². The molecule has 4 heteroatoms. The van der Waals surface area contributed by atoms with Crippen LogP contribution in [0.5, 0.6) is 0 Å². The zero-order valence-electron chi connectivity index (χ0n) is 6.42. The molecule has 1 fully saturated rings. The van der Waals surface area contributed by atoms with Crippen LogP contribution in [0.2, 0.25) is 0 Å². The molecule has 0 aliphatic carbocycles. The van der Waals surface area contributed by atoms with Gasteiger partial charge in [0.15, 0.2) is 9.84 Å². The molecule has 1 aliphatic rings. The minimum absolute atomic E-state index is 0.388. The third-order valence-electron chi connectivity index (χ3n) is 2.07. The summed E-state index contributed by atoms with van der Waals surface area (Å²) in [6, 6.07) is 0. The van der Waals surface area contributed by atoms with E-state index in [1.54, 1.807) is 0 Å². The van der Waals surface area contributed by atoms with Gasteiger partial charge in [0.1, 0.15) is 0 Å². The molecular formula is C7H13ClO2S. The van der Waals surface area contributed by atoms with Gasteiger partial charge in [0.25, 0.3) is 0 Å². The number of hydrogen-bond acceptors (Lipinski definition) is 2. The van der Waals surface area contributed by atoms with E-state index in [0.29, 0.717) is 23.3 Å². The van der Waals surface area contributed by atoms with Gasteiger partial charge in [-0.3, -0.25) is 0 Å². The van der Waals surface area contributed by atoms with Crippen LogP contribution in [0.25, 0.3) is 0 Å². The van der Waals surface area contributed by atoms with Gasteiger partial charge in [-0.05, 0) is 25.2 Å². The molecule has 0 aromatic rings. The number of sulfone groups is 1. The number of halogens is 1. The van der Waals surface area contributed by atoms with E-state index in [4.69, 9.17) is 11.6 Å². The molecule has 0 radical (unpaired) electrons. The molecule has 1 unspecified atom stereocenters. The van der Waals surface area contributed by atoms with Crippen LogP contribution in [0.4, 0.5) is 0 Å². The van der Waals surface area contributed by atoms with Crippen molar-refractivity contribution >= 4 is 21.4 Å². The molecule has 0 aromatic carbocycles. The second-order valence-corrected chi connectivity index (χ2v) is 5.71. The highest BCUT2D eigenvalue weighted by Crippen LogP contribution is 2.22. The van der Waals surface area contributed by atoms with Crippen LogP contribution >= 0.6 is 11.6 Å². The first kappa shape index (κ1) is 9.33. The Bertz CT molecular complexity index is 210. The first-order chi connectivity index (χ1) is 5.14. The summed E-state index contributed by atoms with van der Waals surface area (Å²) in [7, 11) is -2.67. The molecule has 0 aromatic heterocycles. The van der Waals surface area contributed by atoms with Gasteiger partial charge in [-0.25, -0.2) is 8.42 Å². The van der Waals surface area contributed by atoms with Crippen molar-refractivity contribution in [2.45, 2.75) is 19.3 Å². The van der Waals surface area contributed by atoms with Crippen LogP contribution in [0.1, 0.15) is 19.3 Å². The van der Waals surface area contributed by atoms with Crippen LogP contribution in [-0.2, 0) is 9.84 Å². The summed E-state index contributed by atoms with van der Waals surface area (Å²) < 4.78 is 21.9. The lowest BCUT2D eigenvalue weighted by Crippen LogP contribution is -2.04. The van der Waals surface area contributed by atoms with Crippen molar-refractivity contribution in [3.05, 3.63) is 0 Å². The van der Waals surface area contributed by atoms with Gasteiger partial charge in [0, 0.05) is 5.88 Å². The van der Waals surface area contributed by atoms with Gasteiger partial charge in [-0.1, -0.05) is 0 Å². The lowest BCUT2D eigenvalue weighted by atomic mass is 10.0. The maximum absolute atomic E-state index is 11.0. The Morgan fingerprint density at radius 3 is 2.64 bits per heavy atom. The van der Waals surface area contributed by atoms with Crippen LogP contribution < -0.4 is 0 Å². The van der Waals surface area contributed by atoms with E-state index in [1.807, 2.05) is 0 Å². The van der Waals surface area contributed by atoms with E-state index in [9.17, 15) is 8.42 Å². The van der Waals surface area contributed by atoms with E-state index < -0.39 is 9.84 Å². The molecule has 66 valence electrons. The Hall–Kier alpha value is 0.240. The minimum atomic E-state index is -2.67. The summed E-state index contributed by atoms with van der Waals surface area (Å²) in [6.45, 7) is 0. The zero-order valence-corrected chi connectivity index (χ0v) is 8.00. The van der Waals surface area contributed by atoms with Crippen molar-refractivity contribution < 1.29 is 8.42 Å². The fourth-order valence-corrected chi connectivity index (χ4v) is 3.53. The van der Waals surface area contributed by atoms with E-state index in [-0.39, 0.29) is 0 Å². The third kappa shape index (κ3) is 2.99. The molecule has 0 amide bonds. The zero-order chi connectivity index (χ0) is 8.32. The Morgan fingerprint density at radius 2 is 2.18 bits per heavy atom. The predicted molar refractivity (Wildman–Crippen MR) is 46.7 cm³/mol. The quantitative estimate of drug-likeness (QED) is 0.641. The van der Waals surface area contributed by atoms with Crippen molar-refractivity contribution in [2.75, 3.05) is 17.4 Å². The van der Waals surface area contributed by atoms with E-state index in [2.05, 4.69) is 0 Å². The molecule has 11 heavy (non-hydrogen) atoms. The van der Waals surface area contributed by atoms with Gasteiger partial charge in [0.05, 0.1) is 11.5 Å². The molecule has 0 saturated carbocycles. The van der Waals surface area contributed by atoms with Crippen LogP contribution in [-0.4, -0.2) is 25.8 Å². The normalized spacial score (nSPS) is 29.0. The van der Waals surface area contributed by atoms with Crippen LogP contribution in [0.3, 0.4) is 0 Å². The van der Waals surface area contributed by atoms with Gasteiger partial charge >= 0.3 is 0 Å². The fourth-order valence-electron chi connectivity index (χ4n) is 1.47. The highest BCUT2D eigenvalue weighted by Gasteiger charge is 2.26. The van der Waals surface area contributed by atoms with Crippen molar-refractivity contribution in [3.63, 3.8) is 0 Å². The molecule has 0 spiro atoms. The molecule has 2 nitrogen and oxygen atoms in total. The predicted octanol–water partition coefficient (Wildman–Crippen LogP) is 1.44. The molecule has 1 atom stereocenters. The fraction of sp³-hybridized carbons (Fsp3) is 1.00. The largest absolute Gasteiger partial charge is 0.229 e. The number of alkyl halides is 1. The molecule has 1 rings (SSSR count). The number of hydrogen-bond donors (Lipinski definition) is 0. The summed E-state index contributed by atoms with van der Waals surface area (Å²) >= 11 is 5.50. The molecular weight excluding hydrogens is 184 g/mol. The second kappa shape index (κ2) is 3.76. The summed E-state index contributed by atoms with van der Waals surface area (Å²) in [5, 5.41) is 0. The SMILES string of the molecule is O=S1(=O)CCC(CCCCl)C1. The van der Waals surface area contributed by atoms with Gasteiger partial charge in [-0.15, -0.1) is 11.6 Å². The maximum atomic E-state index is 11.0. The van der Waals surface area contributed by atoms with Crippen molar-refractivity contribution in [3.8, 4) is 0 Å². The second-order valence-electron chi connectivity index (χ2n) is 3.10. The highest BCUT2D eigenvalue weighted by atomic mass is 35.5. The van der Waals surface area contributed by atoms with Crippen LogP contribution in [0, 0.1) is 5.92 Å². The van der Waals surface area contributed by atoms with Crippen LogP contribution in [0.15, 0.2) is 0 Å². The Balaban J connectivity index is 2.31. The van der Waals surface area contributed by atoms with Gasteiger partial charge < -0.3 is 0 Å². The Kier molecular flexibility index (Phi) is 3.19. The molecule has 1 aliphatic heterocycles. The molecule has 0 bridgehead atoms. The molecule has 1 heterocycles. The summed E-state index contributed by atoms with van der Waals surface area (Å²) in [5.41, 5.74) is 0. The minimum Gasteiger partial charge on any atom is -0.229 e.